The number of thiophene rings is 1. The predicted octanol–water partition coefficient (Wildman–Crippen LogP) is 2.17. The largest absolute Gasteiger partial charge is 0.356 e. The minimum atomic E-state index is 0.119. The second-order valence-electron chi connectivity index (χ2n) is 3.41. The fourth-order valence-corrected chi connectivity index (χ4v) is 2.79. The molecule has 0 saturated carbocycles. The van der Waals surface area contributed by atoms with Gasteiger partial charge in [0.25, 0.3) is 0 Å². The van der Waals surface area contributed by atoms with Gasteiger partial charge in [-0.15, -0.1) is 11.3 Å². The van der Waals surface area contributed by atoms with Gasteiger partial charge >= 0.3 is 0 Å². The van der Waals surface area contributed by atoms with Crippen LogP contribution < -0.4 is 10.6 Å². The Morgan fingerprint density at radius 1 is 1.44 bits per heavy atom. The molecule has 0 atom stereocenters. The smallest absolute Gasteiger partial charge is 0.221 e. The van der Waals surface area contributed by atoms with Crippen molar-refractivity contribution in [2.24, 2.45) is 0 Å². The van der Waals surface area contributed by atoms with Crippen LogP contribution in [0.4, 0.5) is 0 Å². The Morgan fingerprint density at radius 2 is 2.25 bits per heavy atom. The van der Waals surface area contributed by atoms with Gasteiger partial charge in [-0.1, -0.05) is 0 Å². The van der Waals surface area contributed by atoms with Crippen molar-refractivity contribution in [3.05, 3.63) is 20.8 Å². The molecule has 1 aromatic rings. The van der Waals surface area contributed by atoms with Crippen molar-refractivity contribution in [2.75, 3.05) is 19.6 Å². The van der Waals surface area contributed by atoms with Gasteiger partial charge in [-0.2, -0.15) is 0 Å². The molecule has 0 aromatic carbocycles. The summed E-state index contributed by atoms with van der Waals surface area (Å²) in [5.41, 5.74) is 0. The van der Waals surface area contributed by atoms with Crippen molar-refractivity contribution in [1.29, 1.82) is 0 Å². The summed E-state index contributed by atoms with van der Waals surface area (Å²) in [6, 6.07) is 4.19. The first-order valence-electron chi connectivity index (χ1n) is 5.44. The van der Waals surface area contributed by atoms with Crippen LogP contribution >= 0.6 is 27.3 Å². The SMILES string of the molecule is CCNC(=O)CCNCCc1ccc(Br)s1. The van der Waals surface area contributed by atoms with Crippen molar-refractivity contribution in [1.82, 2.24) is 10.6 Å². The third kappa shape index (κ3) is 5.63. The molecule has 1 amide bonds. The topological polar surface area (TPSA) is 41.1 Å². The van der Waals surface area contributed by atoms with Crippen LogP contribution in [0, 0.1) is 0 Å². The highest BCUT2D eigenvalue weighted by Crippen LogP contribution is 2.21. The molecule has 16 heavy (non-hydrogen) atoms. The summed E-state index contributed by atoms with van der Waals surface area (Å²) in [5.74, 6) is 0.119. The summed E-state index contributed by atoms with van der Waals surface area (Å²) in [7, 11) is 0. The Labute approximate surface area is 109 Å². The van der Waals surface area contributed by atoms with Crippen LogP contribution in [-0.4, -0.2) is 25.5 Å². The normalized spacial score (nSPS) is 10.4. The van der Waals surface area contributed by atoms with E-state index in [1.54, 1.807) is 11.3 Å². The highest BCUT2D eigenvalue weighted by molar-refractivity contribution is 9.11. The Kier molecular flexibility index (Phi) is 6.68. The Balaban J connectivity index is 2.02. The minimum Gasteiger partial charge on any atom is -0.356 e. The Bertz CT molecular complexity index is 328. The second kappa shape index (κ2) is 7.81. The monoisotopic (exact) mass is 304 g/mol. The average molecular weight is 305 g/mol. The number of hydrogen-bond acceptors (Lipinski definition) is 3. The molecule has 2 N–H and O–H groups in total. The lowest BCUT2D eigenvalue weighted by Crippen LogP contribution is -2.28. The van der Waals surface area contributed by atoms with E-state index < -0.39 is 0 Å². The van der Waals surface area contributed by atoms with Crippen molar-refractivity contribution in [2.45, 2.75) is 19.8 Å². The van der Waals surface area contributed by atoms with Crippen LogP contribution in [0.2, 0.25) is 0 Å². The molecule has 1 aromatic heterocycles. The van der Waals surface area contributed by atoms with E-state index in [0.717, 1.165) is 19.5 Å². The third-order valence-corrected chi connectivity index (χ3v) is 3.76. The summed E-state index contributed by atoms with van der Waals surface area (Å²) in [5, 5.41) is 6.04. The summed E-state index contributed by atoms with van der Waals surface area (Å²) >= 11 is 5.19. The van der Waals surface area contributed by atoms with Crippen LogP contribution in [0.5, 0.6) is 0 Å². The standard InChI is InChI=1S/C11H17BrN2OS/c1-2-14-11(15)6-8-13-7-5-9-3-4-10(12)16-9/h3-4,13H,2,5-8H2,1H3,(H,14,15). The van der Waals surface area contributed by atoms with E-state index in [1.807, 2.05) is 6.92 Å². The van der Waals surface area contributed by atoms with Crippen LogP contribution in [0.1, 0.15) is 18.2 Å². The summed E-state index contributed by atoms with van der Waals surface area (Å²) in [6.45, 7) is 4.31. The Morgan fingerprint density at radius 3 is 2.88 bits per heavy atom. The molecule has 0 spiro atoms. The van der Waals surface area contributed by atoms with Crippen LogP contribution in [0.3, 0.4) is 0 Å². The highest BCUT2D eigenvalue weighted by atomic mass is 79.9. The van der Waals surface area contributed by atoms with Gasteiger partial charge < -0.3 is 10.6 Å². The first-order chi connectivity index (χ1) is 7.72. The average Bonchev–Trinajstić information content (AvgIpc) is 2.64. The molecule has 0 aliphatic rings. The summed E-state index contributed by atoms with van der Waals surface area (Å²) < 4.78 is 1.17. The van der Waals surface area contributed by atoms with Crippen molar-refractivity contribution in [3.63, 3.8) is 0 Å². The fourth-order valence-electron chi connectivity index (χ4n) is 1.31. The fraction of sp³-hybridized carbons (Fsp3) is 0.545. The molecule has 0 unspecified atom stereocenters. The van der Waals surface area contributed by atoms with E-state index in [4.69, 9.17) is 0 Å². The number of carbonyl (C=O) groups is 1. The van der Waals surface area contributed by atoms with Crippen LogP contribution in [-0.2, 0) is 11.2 Å². The molecular weight excluding hydrogens is 288 g/mol. The zero-order valence-corrected chi connectivity index (χ0v) is 11.8. The second-order valence-corrected chi connectivity index (χ2v) is 5.96. The highest BCUT2D eigenvalue weighted by Gasteiger charge is 1.99. The van der Waals surface area contributed by atoms with E-state index >= 15 is 0 Å². The molecule has 0 saturated heterocycles. The van der Waals surface area contributed by atoms with Gasteiger partial charge in [0.15, 0.2) is 0 Å². The number of carbonyl (C=O) groups excluding carboxylic acids is 1. The Hall–Kier alpha value is -0.390. The van der Waals surface area contributed by atoms with Crippen LogP contribution in [0.25, 0.3) is 0 Å². The summed E-state index contributed by atoms with van der Waals surface area (Å²) in [6.07, 6.45) is 1.58. The summed E-state index contributed by atoms with van der Waals surface area (Å²) in [4.78, 5) is 12.5. The molecule has 0 aliphatic carbocycles. The number of rotatable bonds is 7. The molecule has 0 bridgehead atoms. The maximum atomic E-state index is 11.1. The molecule has 0 radical (unpaired) electrons. The van der Waals surface area contributed by atoms with Gasteiger partial charge in [-0.05, 0) is 48.0 Å². The lowest BCUT2D eigenvalue weighted by molar-refractivity contribution is -0.120. The van der Waals surface area contributed by atoms with Gasteiger partial charge in [0, 0.05) is 24.4 Å². The quantitative estimate of drug-likeness (QED) is 0.758. The molecule has 1 heterocycles. The molecule has 0 fully saturated rings. The van der Waals surface area contributed by atoms with E-state index in [1.165, 1.54) is 8.66 Å². The predicted molar refractivity (Wildman–Crippen MR) is 71.9 cm³/mol. The van der Waals surface area contributed by atoms with Gasteiger partial charge in [0.05, 0.1) is 3.79 Å². The molecular formula is C11H17BrN2OS. The van der Waals surface area contributed by atoms with Crippen LogP contribution in [0.15, 0.2) is 15.9 Å². The van der Waals surface area contributed by atoms with E-state index in [2.05, 4.69) is 38.7 Å². The number of amides is 1. The lowest BCUT2D eigenvalue weighted by atomic mass is 10.3. The molecule has 3 nitrogen and oxygen atoms in total. The van der Waals surface area contributed by atoms with Crippen molar-refractivity contribution >= 4 is 33.2 Å². The first kappa shape index (κ1) is 13.7. The third-order valence-electron chi connectivity index (χ3n) is 2.08. The number of halogens is 1. The van der Waals surface area contributed by atoms with Gasteiger partial charge in [0.1, 0.15) is 0 Å². The maximum Gasteiger partial charge on any atom is 0.221 e. The van der Waals surface area contributed by atoms with Crippen molar-refractivity contribution < 1.29 is 4.79 Å². The molecule has 5 heteroatoms. The minimum absolute atomic E-state index is 0.119. The molecule has 90 valence electrons. The lowest BCUT2D eigenvalue weighted by Gasteiger charge is -2.03. The van der Waals surface area contributed by atoms with Gasteiger partial charge in [-0.25, -0.2) is 0 Å². The van der Waals surface area contributed by atoms with E-state index in [0.29, 0.717) is 13.0 Å². The van der Waals surface area contributed by atoms with E-state index in [-0.39, 0.29) is 5.91 Å². The zero-order chi connectivity index (χ0) is 11.8. The van der Waals surface area contributed by atoms with Gasteiger partial charge in [-0.3, -0.25) is 4.79 Å². The van der Waals surface area contributed by atoms with Gasteiger partial charge in [0.2, 0.25) is 5.91 Å². The first-order valence-corrected chi connectivity index (χ1v) is 7.05. The zero-order valence-electron chi connectivity index (χ0n) is 9.38. The maximum absolute atomic E-state index is 11.1. The van der Waals surface area contributed by atoms with E-state index in [9.17, 15) is 4.79 Å². The number of nitrogens with one attached hydrogen (secondary N) is 2. The number of hydrogen-bond donors (Lipinski definition) is 2. The molecule has 1 rings (SSSR count). The molecule has 0 aliphatic heterocycles. The van der Waals surface area contributed by atoms with Crippen molar-refractivity contribution in [3.8, 4) is 0 Å².